The van der Waals surface area contributed by atoms with E-state index in [1.807, 2.05) is 0 Å². The fourth-order valence-corrected chi connectivity index (χ4v) is 2.08. The largest absolute Gasteiger partial charge is 0.369 e. The molecule has 0 atom stereocenters. The summed E-state index contributed by atoms with van der Waals surface area (Å²) in [5, 5.41) is 0. The molecule has 0 spiro atoms. The number of nitrogens with zero attached hydrogens (tertiary/aromatic N) is 1. The van der Waals surface area contributed by atoms with Crippen LogP contribution in [-0.4, -0.2) is 15.5 Å². The van der Waals surface area contributed by atoms with Crippen molar-refractivity contribution < 1.29 is 13.6 Å². The topological polar surface area (TPSA) is 63.8 Å². The van der Waals surface area contributed by atoms with Gasteiger partial charge in [0.25, 0.3) is 0 Å². The standard InChI is InChI=1S/C12H13F2N3OS/c1-12(2,10(15)18)5-17-8-4-6(13)3-7(14)9(8)16-11(17)19/h3-4H,5H2,1-2H3,(H2,15,18)(H,16,19). The van der Waals surface area contributed by atoms with Crippen molar-refractivity contribution in [2.75, 3.05) is 0 Å². The first-order valence-corrected chi connectivity index (χ1v) is 6.00. The van der Waals surface area contributed by atoms with Gasteiger partial charge in [-0.05, 0) is 32.1 Å². The monoisotopic (exact) mass is 285 g/mol. The Morgan fingerprint density at radius 1 is 1.47 bits per heavy atom. The number of halogens is 2. The van der Waals surface area contributed by atoms with Crippen LogP contribution in [0.5, 0.6) is 0 Å². The van der Waals surface area contributed by atoms with Crippen molar-refractivity contribution >= 4 is 29.2 Å². The lowest BCUT2D eigenvalue weighted by Gasteiger charge is -2.21. The van der Waals surface area contributed by atoms with Crippen molar-refractivity contribution in [1.29, 1.82) is 0 Å². The first-order valence-electron chi connectivity index (χ1n) is 5.60. The first-order chi connectivity index (χ1) is 8.72. The summed E-state index contributed by atoms with van der Waals surface area (Å²) in [4.78, 5) is 14.0. The highest BCUT2D eigenvalue weighted by Crippen LogP contribution is 2.24. The Kier molecular flexibility index (Phi) is 3.17. The van der Waals surface area contributed by atoms with Crippen molar-refractivity contribution in [1.82, 2.24) is 9.55 Å². The molecule has 1 aromatic heterocycles. The van der Waals surface area contributed by atoms with Gasteiger partial charge in [0.2, 0.25) is 5.91 Å². The molecule has 1 aromatic carbocycles. The summed E-state index contributed by atoms with van der Waals surface area (Å²) in [5.41, 5.74) is 4.81. The lowest BCUT2D eigenvalue weighted by atomic mass is 9.92. The summed E-state index contributed by atoms with van der Waals surface area (Å²) in [5.74, 6) is -1.94. The van der Waals surface area contributed by atoms with Crippen molar-refractivity contribution in [3.63, 3.8) is 0 Å². The average molecular weight is 285 g/mol. The lowest BCUT2D eigenvalue weighted by Crippen LogP contribution is -2.35. The first kappa shape index (κ1) is 13.7. The van der Waals surface area contributed by atoms with Gasteiger partial charge in [0.15, 0.2) is 10.6 Å². The van der Waals surface area contributed by atoms with Gasteiger partial charge in [-0.1, -0.05) is 0 Å². The predicted molar refractivity (Wildman–Crippen MR) is 70.0 cm³/mol. The van der Waals surface area contributed by atoms with E-state index in [1.54, 1.807) is 13.8 Å². The third-order valence-electron chi connectivity index (χ3n) is 3.02. The van der Waals surface area contributed by atoms with Crippen LogP contribution in [0.4, 0.5) is 8.78 Å². The summed E-state index contributed by atoms with van der Waals surface area (Å²) in [7, 11) is 0. The van der Waals surface area contributed by atoms with Gasteiger partial charge in [-0.3, -0.25) is 4.79 Å². The maximum atomic E-state index is 13.6. The number of aromatic nitrogens is 2. The second kappa shape index (κ2) is 4.41. The molecular weight excluding hydrogens is 272 g/mol. The third kappa shape index (κ3) is 2.37. The van der Waals surface area contributed by atoms with Crippen LogP contribution >= 0.6 is 12.2 Å². The number of hydrogen-bond donors (Lipinski definition) is 2. The quantitative estimate of drug-likeness (QED) is 0.851. The minimum Gasteiger partial charge on any atom is -0.369 e. The molecular formula is C12H13F2N3OS. The molecule has 0 unspecified atom stereocenters. The minimum atomic E-state index is -0.879. The molecule has 0 saturated heterocycles. The number of carbonyl (C=O) groups excluding carboxylic acids is 1. The van der Waals surface area contributed by atoms with E-state index in [0.29, 0.717) is 0 Å². The number of amides is 1. The molecule has 0 bridgehead atoms. The molecule has 0 radical (unpaired) electrons. The van der Waals surface area contributed by atoms with Crippen molar-refractivity contribution in [2.24, 2.45) is 11.1 Å². The zero-order chi connectivity index (χ0) is 14.4. The van der Waals surface area contributed by atoms with E-state index in [-0.39, 0.29) is 22.3 Å². The molecule has 0 aliphatic heterocycles. The molecule has 1 heterocycles. The van der Waals surface area contributed by atoms with Crippen LogP contribution in [-0.2, 0) is 11.3 Å². The number of imidazole rings is 1. The molecule has 102 valence electrons. The van der Waals surface area contributed by atoms with Crippen molar-refractivity contribution in [3.8, 4) is 0 Å². The maximum absolute atomic E-state index is 13.6. The number of nitrogens with two attached hydrogens (primary N) is 1. The minimum absolute atomic E-state index is 0.117. The fourth-order valence-electron chi connectivity index (χ4n) is 1.81. The lowest BCUT2D eigenvalue weighted by molar-refractivity contribution is -0.126. The molecule has 3 N–H and O–H groups in total. The van der Waals surface area contributed by atoms with Gasteiger partial charge >= 0.3 is 0 Å². The molecule has 7 heteroatoms. The zero-order valence-corrected chi connectivity index (χ0v) is 11.3. The van der Waals surface area contributed by atoms with E-state index < -0.39 is 23.0 Å². The molecule has 1 amide bonds. The molecule has 0 aliphatic rings. The van der Waals surface area contributed by atoms with Gasteiger partial charge in [0.05, 0.1) is 10.9 Å². The Morgan fingerprint density at radius 3 is 2.68 bits per heavy atom. The number of benzene rings is 1. The summed E-state index contributed by atoms with van der Waals surface area (Å²) < 4.78 is 28.6. The molecule has 2 rings (SSSR count). The number of carbonyl (C=O) groups is 1. The fraction of sp³-hybridized carbons (Fsp3) is 0.333. The van der Waals surface area contributed by atoms with E-state index in [4.69, 9.17) is 18.0 Å². The summed E-state index contributed by atoms with van der Waals surface area (Å²) in [6.07, 6.45) is 0. The van der Waals surface area contributed by atoms with Gasteiger partial charge in [0.1, 0.15) is 11.3 Å². The smallest absolute Gasteiger partial charge is 0.224 e. The van der Waals surface area contributed by atoms with E-state index >= 15 is 0 Å². The van der Waals surface area contributed by atoms with Gasteiger partial charge in [-0.25, -0.2) is 8.78 Å². The maximum Gasteiger partial charge on any atom is 0.224 e. The molecule has 4 nitrogen and oxygen atoms in total. The predicted octanol–water partition coefficient (Wildman–Crippen LogP) is 2.49. The van der Waals surface area contributed by atoms with Crippen LogP contribution in [0.2, 0.25) is 0 Å². The van der Waals surface area contributed by atoms with Crippen molar-refractivity contribution in [2.45, 2.75) is 20.4 Å². The number of fused-ring (bicyclic) bond motifs is 1. The van der Waals surface area contributed by atoms with E-state index in [0.717, 1.165) is 6.07 Å². The zero-order valence-electron chi connectivity index (χ0n) is 10.5. The number of aromatic amines is 1. The van der Waals surface area contributed by atoms with E-state index in [1.165, 1.54) is 10.6 Å². The Hall–Kier alpha value is -1.76. The van der Waals surface area contributed by atoms with Crippen molar-refractivity contribution in [3.05, 3.63) is 28.5 Å². The van der Waals surface area contributed by atoms with Gasteiger partial charge in [0, 0.05) is 12.6 Å². The summed E-state index contributed by atoms with van der Waals surface area (Å²) >= 11 is 5.08. The van der Waals surface area contributed by atoms with Crippen LogP contribution in [0.3, 0.4) is 0 Å². The van der Waals surface area contributed by atoms with E-state index in [9.17, 15) is 13.6 Å². The average Bonchev–Trinajstić information content (AvgIpc) is 2.56. The SMILES string of the molecule is CC(C)(Cn1c(=S)[nH]c2c(F)cc(F)cc21)C(N)=O. The normalized spacial score (nSPS) is 12.0. The summed E-state index contributed by atoms with van der Waals surface area (Å²) in [6.45, 7) is 3.43. The Labute approximate surface area is 113 Å². The van der Waals surface area contributed by atoms with Crippen LogP contribution in [0, 0.1) is 21.8 Å². The van der Waals surface area contributed by atoms with Gasteiger partial charge in [-0.2, -0.15) is 0 Å². The van der Waals surface area contributed by atoms with Crippen LogP contribution in [0.1, 0.15) is 13.8 Å². The number of hydrogen-bond acceptors (Lipinski definition) is 2. The number of nitrogens with one attached hydrogen (secondary N) is 1. The highest BCUT2D eigenvalue weighted by molar-refractivity contribution is 7.71. The molecule has 0 aliphatic carbocycles. The Morgan fingerprint density at radius 2 is 2.11 bits per heavy atom. The Balaban J connectivity index is 2.64. The Bertz CT molecular complexity index is 718. The molecule has 0 saturated carbocycles. The molecule has 0 fully saturated rings. The second-order valence-electron chi connectivity index (χ2n) is 5.05. The highest BCUT2D eigenvalue weighted by atomic mass is 32.1. The second-order valence-corrected chi connectivity index (χ2v) is 5.43. The summed E-state index contributed by atoms with van der Waals surface area (Å²) in [6, 6.07) is 1.94. The van der Waals surface area contributed by atoms with Crippen LogP contribution in [0.15, 0.2) is 12.1 Å². The molecule has 19 heavy (non-hydrogen) atoms. The molecule has 2 aromatic rings. The van der Waals surface area contributed by atoms with E-state index in [2.05, 4.69) is 4.98 Å². The van der Waals surface area contributed by atoms with Crippen LogP contribution < -0.4 is 5.73 Å². The van der Waals surface area contributed by atoms with Gasteiger partial charge < -0.3 is 15.3 Å². The van der Waals surface area contributed by atoms with Crippen LogP contribution in [0.25, 0.3) is 11.0 Å². The highest BCUT2D eigenvalue weighted by Gasteiger charge is 2.27. The van der Waals surface area contributed by atoms with Gasteiger partial charge in [-0.15, -0.1) is 0 Å². The number of primary amides is 1. The third-order valence-corrected chi connectivity index (χ3v) is 3.34. The number of rotatable bonds is 3. The number of H-pyrrole nitrogens is 1.